The highest BCUT2D eigenvalue weighted by Gasteiger charge is 2.13. The number of nitrogens with one attached hydrogen (secondary N) is 2. The highest BCUT2D eigenvalue weighted by atomic mass is 79.9. The fourth-order valence-electron chi connectivity index (χ4n) is 2.46. The Bertz CT molecular complexity index is 958. The van der Waals surface area contributed by atoms with Crippen molar-refractivity contribution < 1.29 is 9.59 Å². The number of carbonyl (C=O) groups is 2. The van der Waals surface area contributed by atoms with Crippen LogP contribution in [0.4, 0.5) is 5.69 Å². The molecule has 0 fully saturated rings. The van der Waals surface area contributed by atoms with Crippen LogP contribution in [-0.4, -0.2) is 38.6 Å². The van der Waals surface area contributed by atoms with Gasteiger partial charge in [-0.2, -0.15) is 4.68 Å². The summed E-state index contributed by atoms with van der Waals surface area (Å²) in [7, 11) is 0. The molecule has 0 unspecified atom stereocenters. The second-order valence-electron chi connectivity index (χ2n) is 5.78. The molecule has 0 saturated carbocycles. The number of nitrogens with zero attached hydrogens (tertiary/aromatic N) is 4. The Morgan fingerprint density at radius 3 is 2.78 bits per heavy atom. The highest BCUT2D eigenvalue weighted by Crippen LogP contribution is 2.20. The molecule has 138 valence electrons. The molecule has 9 heteroatoms. The molecular formula is C18H17BrN6O2. The first-order valence-electron chi connectivity index (χ1n) is 8.21. The Labute approximate surface area is 164 Å². The van der Waals surface area contributed by atoms with E-state index in [1.165, 1.54) is 11.0 Å². The average Bonchev–Trinajstić information content (AvgIpc) is 3.19. The number of hydrogen-bond acceptors (Lipinski definition) is 5. The molecule has 0 bridgehead atoms. The van der Waals surface area contributed by atoms with Crippen LogP contribution in [-0.2, 0) is 4.79 Å². The van der Waals surface area contributed by atoms with Crippen LogP contribution >= 0.6 is 15.9 Å². The SMILES string of the molecule is Cc1ccc(Br)cc1NC(=O)CCNC(=O)c1ccccc1-n1cnnn1. The number of para-hydroxylation sites is 1. The molecule has 0 aliphatic carbocycles. The summed E-state index contributed by atoms with van der Waals surface area (Å²) in [4.78, 5) is 24.6. The smallest absolute Gasteiger partial charge is 0.253 e. The van der Waals surface area contributed by atoms with Gasteiger partial charge < -0.3 is 10.6 Å². The third-order valence-corrected chi connectivity index (χ3v) is 4.35. The van der Waals surface area contributed by atoms with Gasteiger partial charge in [-0.1, -0.05) is 34.1 Å². The van der Waals surface area contributed by atoms with Crippen LogP contribution in [0.5, 0.6) is 0 Å². The number of amides is 2. The summed E-state index contributed by atoms with van der Waals surface area (Å²) in [6.45, 7) is 2.13. The number of benzene rings is 2. The number of carbonyl (C=O) groups excluding carboxylic acids is 2. The maximum absolute atomic E-state index is 12.5. The largest absolute Gasteiger partial charge is 0.351 e. The molecule has 2 amide bonds. The van der Waals surface area contributed by atoms with E-state index in [2.05, 4.69) is 42.1 Å². The van der Waals surface area contributed by atoms with E-state index in [-0.39, 0.29) is 24.8 Å². The van der Waals surface area contributed by atoms with Gasteiger partial charge in [0.2, 0.25) is 5.91 Å². The molecule has 0 aliphatic heterocycles. The van der Waals surface area contributed by atoms with E-state index in [9.17, 15) is 9.59 Å². The monoisotopic (exact) mass is 428 g/mol. The molecule has 0 saturated heterocycles. The summed E-state index contributed by atoms with van der Waals surface area (Å²) < 4.78 is 2.30. The number of rotatable bonds is 6. The van der Waals surface area contributed by atoms with Crippen molar-refractivity contribution in [3.05, 3.63) is 64.4 Å². The number of anilines is 1. The average molecular weight is 429 g/mol. The zero-order valence-electron chi connectivity index (χ0n) is 14.5. The van der Waals surface area contributed by atoms with Crippen molar-refractivity contribution in [3.8, 4) is 5.69 Å². The van der Waals surface area contributed by atoms with E-state index >= 15 is 0 Å². The molecule has 2 N–H and O–H groups in total. The summed E-state index contributed by atoms with van der Waals surface area (Å²) in [5, 5.41) is 16.6. The second-order valence-corrected chi connectivity index (χ2v) is 6.70. The van der Waals surface area contributed by atoms with Crippen molar-refractivity contribution in [1.29, 1.82) is 0 Å². The fraction of sp³-hybridized carbons (Fsp3) is 0.167. The third kappa shape index (κ3) is 4.76. The predicted octanol–water partition coefficient (Wildman–Crippen LogP) is 2.49. The summed E-state index contributed by atoms with van der Waals surface area (Å²) in [6.07, 6.45) is 1.57. The van der Waals surface area contributed by atoms with Gasteiger partial charge in [0.1, 0.15) is 6.33 Å². The van der Waals surface area contributed by atoms with Crippen LogP contribution in [0.2, 0.25) is 0 Å². The first-order chi connectivity index (χ1) is 13.0. The zero-order valence-corrected chi connectivity index (χ0v) is 16.1. The molecule has 1 heterocycles. The molecule has 0 atom stereocenters. The first kappa shape index (κ1) is 18.7. The molecule has 0 spiro atoms. The molecule has 3 rings (SSSR count). The number of hydrogen-bond donors (Lipinski definition) is 2. The van der Waals surface area contributed by atoms with Crippen molar-refractivity contribution in [1.82, 2.24) is 25.5 Å². The van der Waals surface area contributed by atoms with E-state index in [1.54, 1.807) is 24.3 Å². The number of halogens is 1. The van der Waals surface area contributed by atoms with Gasteiger partial charge in [0.15, 0.2) is 0 Å². The standard InChI is InChI=1S/C18H17BrN6O2/c1-12-6-7-13(19)10-15(12)22-17(26)8-9-20-18(27)14-4-2-3-5-16(14)25-11-21-23-24-25/h2-7,10-11H,8-9H2,1H3,(H,20,27)(H,22,26). The minimum absolute atomic E-state index is 0.157. The van der Waals surface area contributed by atoms with Gasteiger partial charge in [0.05, 0.1) is 11.3 Å². The highest BCUT2D eigenvalue weighted by molar-refractivity contribution is 9.10. The van der Waals surface area contributed by atoms with E-state index in [1.807, 2.05) is 25.1 Å². The minimum Gasteiger partial charge on any atom is -0.351 e. The van der Waals surface area contributed by atoms with Gasteiger partial charge in [-0.25, -0.2) is 0 Å². The van der Waals surface area contributed by atoms with Crippen LogP contribution in [0.25, 0.3) is 5.69 Å². The number of tetrazole rings is 1. The molecule has 27 heavy (non-hydrogen) atoms. The lowest BCUT2D eigenvalue weighted by Gasteiger charge is -2.11. The summed E-state index contributed by atoms with van der Waals surface area (Å²) in [5.41, 5.74) is 2.69. The topological polar surface area (TPSA) is 102 Å². The minimum atomic E-state index is -0.299. The van der Waals surface area contributed by atoms with Gasteiger partial charge in [-0.15, -0.1) is 5.10 Å². The Balaban J connectivity index is 1.57. The number of aromatic nitrogens is 4. The van der Waals surface area contributed by atoms with Crippen molar-refractivity contribution in [2.45, 2.75) is 13.3 Å². The van der Waals surface area contributed by atoms with Gasteiger partial charge in [-0.05, 0) is 47.2 Å². The van der Waals surface area contributed by atoms with E-state index in [0.29, 0.717) is 11.3 Å². The molecule has 1 aromatic heterocycles. The lowest BCUT2D eigenvalue weighted by molar-refractivity contribution is -0.116. The summed E-state index contributed by atoms with van der Waals surface area (Å²) >= 11 is 3.38. The maximum atomic E-state index is 12.5. The molecule has 0 radical (unpaired) electrons. The van der Waals surface area contributed by atoms with Crippen LogP contribution in [0.1, 0.15) is 22.3 Å². The Morgan fingerprint density at radius 2 is 2.00 bits per heavy atom. The van der Waals surface area contributed by atoms with Gasteiger partial charge in [0, 0.05) is 23.1 Å². The lowest BCUT2D eigenvalue weighted by Crippen LogP contribution is -2.28. The second kappa shape index (κ2) is 8.54. The molecular weight excluding hydrogens is 412 g/mol. The van der Waals surface area contributed by atoms with Gasteiger partial charge in [0.25, 0.3) is 5.91 Å². The fourth-order valence-corrected chi connectivity index (χ4v) is 2.82. The first-order valence-corrected chi connectivity index (χ1v) is 9.00. The van der Waals surface area contributed by atoms with Crippen molar-refractivity contribution in [2.75, 3.05) is 11.9 Å². The summed E-state index contributed by atoms with van der Waals surface area (Å²) in [5.74, 6) is -0.474. The van der Waals surface area contributed by atoms with Crippen LogP contribution < -0.4 is 10.6 Å². The van der Waals surface area contributed by atoms with Gasteiger partial charge >= 0.3 is 0 Å². The van der Waals surface area contributed by atoms with Crippen LogP contribution in [0.3, 0.4) is 0 Å². The lowest BCUT2D eigenvalue weighted by atomic mass is 10.1. The Kier molecular flexibility index (Phi) is 5.92. The molecule has 0 aliphatic rings. The van der Waals surface area contributed by atoms with E-state index in [0.717, 1.165) is 15.7 Å². The number of aryl methyl sites for hydroxylation is 1. The zero-order chi connectivity index (χ0) is 19.2. The van der Waals surface area contributed by atoms with Crippen LogP contribution in [0, 0.1) is 6.92 Å². The van der Waals surface area contributed by atoms with E-state index < -0.39 is 0 Å². The molecule has 3 aromatic rings. The van der Waals surface area contributed by atoms with E-state index in [4.69, 9.17) is 0 Å². The summed E-state index contributed by atoms with van der Waals surface area (Å²) in [6, 6.07) is 12.6. The van der Waals surface area contributed by atoms with Crippen LogP contribution in [0.15, 0.2) is 53.3 Å². The third-order valence-electron chi connectivity index (χ3n) is 3.86. The quantitative estimate of drug-likeness (QED) is 0.627. The Morgan fingerprint density at radius 1 is 1.19 bits per heavy atom. The van der Waals surface area contributed by atoms with Gasteiger partial charge in [-0.3, -0.25) is 9.59 Å². The van der Waals surface area contributed by atoms with Crippen molar-refractivity contribution in [2.24, 2.45) is 0 Å². The predicted molar refractivity (Wildman–Crippen MR) is 104 cm³/mol. The Hall–Kier alpha value is -3.07. The maximum Gasteiger partial charge on any atom is 0.253 e. The van der Waals surface area contributed by atoms with Crippen molar-refractivity contribution >= 4 is 33.4 Å². The normalized spacial score (nSPS) is 10.4. The van der Waals surface area contributed by atoms with Crippen molar-refractivity contribution in [3.63, 3.8) is 0 Å². The molecule has 8 nitrogen and oxygen atoms in total. The molecule has 2 aromatic carbocycles.